The van der Waals surface area contributed by atoms with Gasteiger partial charge in [-0.3, -0.25) is 24.4 Å². The number of Topliss-reactive ketones (excluding diaryl/α,β-unsaturated/α-hetero) is 1. The van der Waals surface area contributed by atoms with Gasteiger partial charge in [-0.15, -0.1) is 12.6 Å². The van der Waals surface area contributed by atoms with E-state index in [0.717, 1.165) is 0 Å². The Hall–Kier alpha value is -1.21. The van der Waals surface area contributed by atoms with Crippen LogP contribution in [0, 0.1) is 0 Å². The molecule has 0 bridgehead atoms. The van der Waals surface area contributed by atoms with Crippen LogP contribution in [0.4, 0.5) is 0 Å². The maximum atomic E-state index is 10.2. The highest BCUT2D eigenvalue weighted by atomic mass is 32.1. The van der Waals surface area contributed by atoms with Crippen molar-refractivity contribution >= 4 is 35.3 Å². The highest BCUT2D eigenvalue weighted by molar-refractivity contribution is 7.96. The van der Waals surface area contributed by atoms with Gasteiger partial charge in [0.05, 0.1) is 6.42 Å². The van der Waals surface area contributed by atoms with Crippen LogP contribution >= 0.6 is 12.6 Å². The standard InChI is InChI=1S/C4H5NO3.C4H6O2S/c6-3-1-2-4(7)5(3)8;1-3(5)2-4(6)7/h8H,1-2H2;2H2,1H3,(H,6,7). The van der Waals surface area contributed by atoms with Crippen molar-refractivity contribution in [2.75, 3.05) is 0 Å². The van der Waals surface area contributed by atoms with Gasteiger partial charge >= 0.3 is 0 Å². The summed E-state index contributed by atoms with van der Waals surface area (Å²) in [5.74, 6) is -1.15. The Bertz CT molecular complexity index is 273. The minimum absolute atomic E-state index is 0.0525. The van der Waals surface area contributed by atoms with Gasteiger partial charge in [0.15, 0.2) is 5.12 Å². The lowest BCUT2D eigenvalue weighted by Crippen LogP contribution is -2.24. The summed E-state index contributed by atoms with van der Waals surface area (Å²) in [6.07, 6.45) is 0.244. The van der Waals surface area contributed by atoms with Crippen LogP contribution in [0.2, 0.25) is 0 Å². The largest absolute Gasteiger partial charge is 0.300 e. The first kappa shape index (κ1) is 13.8. The van der Waals surface area contributed by atoms with Crippen LogP contribution in [0.1, 0.15) is 26.2 Å². The second-order valence-corrected chi connectivity index (χ2v) is 3.37. The third-order valence-electron chi connectivity index (χ3n) is 1.43. The van der Waals surface area contributed by atoms with E-state index in [9.17, 15) is 19.2 Å². The third kappa shape index (κ3) is 5.97. The molecule has 0 aromatic rings. The van der Waals surface area contributed by atoms with Crippen LogP contribution in [0.5, 0.6) is 0 Å². The summed E-state index contributed by atoms with van der Waals surface area (Å²) >= 11 is 3.38. The lowest BCUT2D eigenvalue weighted by Gasteiger charge is -1.98. The molecule has 1 rings (SSSR count). The van der Waals surface area contributed by atoms with E-state index in [1.165, 1.54) is 6.92 Å². The highest BCUT2D eigenvalue weighted by Gasteiger charge is 2.26. The van der Waals surface area contributed by atoms with Gasteiger partial charge in [-0.25, -0.2) is 0 Å². The first-order valence-electron chi connectivity index (χ1n) is 4.10. The van der Waals surface area contributed by atoms with E-state index in [0.29, 0.717) is 0 Å². The molecule has 0 aliphatic carbocycles. The van der Waals surface area contributed by atoms with Crippen molar-refractivity contribution in [3.05, 3.63) is 0 Å². The Labute approximate surface area is 91.6 Å². The summed E-state index contributed by atoms with van der Waals surface area (Å²) in [6, 6.07) is 0. The van der Waals surface area contributed by atoms with E-state index >= 15 is 0 Å². The molecule has 1 N–H and O–H groups in total. The van der Waals surface area contributed by atoms with Gasteiger partial charge < -0.3 is 0 Å². The van der Waals surface area contributed by atoms with Crippen molar-refractivity contribution in [3.63, 3.8) is 0 Å². The molecule has 0 aromatic heterocycles. The van der Waals surface area contributed by atoms with E-state index in [2.05, 4.69) is 12.6 Å². The molecule has 1 aliphatic rings. The lowest BCUT2D eigenvalue weighted by atomic mass is 10.3. The lowest BCUT2D eigenvalue weighted by molar-refractivity contribution is -0.171. The molecule has 0 saturated carbocycles. The maximum Gasteiger partial charge on any atom is 0.253 e. The molecule has 1 fully saturated rings. The van der Waals surface area contributed by atoms with Crippen molar-refractivity contribution in [1.82, 2.24) is 5.06 Å². The molecule has 0 spiro atoms. The zero-order chi connectivity index (χ0) is 12.0. The number of hydrogen-bond acceptors (Lipinski definition) is 5. The molecule has 2 amide bonds. The van der Waals surface area contributed by atoms with Gasteiger partial charge in [-0.2, -0.15) is 5.06 Å². The molecule has 7 heteroatoms. The number of hydroxylamine groups is 2. The fraction of sp³-hybridized carbons (Fsp3) is 0.500. The van der Waals surface area contributed by atoms with Gasteiger partial charge in [0.1, 0.15) is 5.78 Å². The Morgan fingerprint density at radius 2 is 1.73 bits per heavy atom. The number of carbonyl (C=O) groups excluding carboxylic acids is 4. The Kier molecular flexibility index (Phi) is 5.80. The number of nitrogens with zero attached hydrogens (tertiary/aromatic N) is 1. The molecule has 15 heavy (non-hydrogen) atoms. The second kappa shape index (κ2) is 6.31. The molecule has 0 atom stereocenters. The predicted molar refractivity (Wildman–Crippen MR) is 52.2 cm³/mol. The van der Waals surface area contributed by atoms with Crippen LogP contribution in [-0.4, -0.2) is 33.0 Å². The summed E-state index contributed by atoms with van der Waals surface area (Å²) in [7, 11) is 0. The molecule has 1 heterocycles. The molecular weight excluding hydrogens is 222 g/mol. The van der Waals surface area contributed by atoms with Crippen molar-refractivity contribution in [2.24, 2.45) is 0 Å². The molecule has 84 valence electrons. The number of rotatable bonds is 2. The predicted octanol–water partition coefficient (Wildman–Crippen LogP) is -0.0535. The van der Waals surface area contributed by atoms with Gasteiger partial charge in [0.25, 0.3) is 11.8 Å². The monoisotopic (exact) mass is 233 g/mol. The normalized spacial score (nSPS) is 14.7. The molecule has 6 nitrogen and oxygen atoms in total. The van der Waals surface area contributed by atoms with Crippen molar-refractivity contribution in [2.45, 2.75) is 26.2 Å². The Morgan fingerprint density at radius 3 is 1.80 bits per heavy atom. The van der Waals surface area contributed by atoms with E-state index in [4.69, 9.17) is 5.21 Å². The van der Waals surface area contributed by atoms with Crippen LogP contribution in [0.3, 0.4) is 0 Å². The summed E-state index contributed by atoms with van der Waals surface area (Å²) in [5.41, 5.74) is 0. The van der Waals surface area contributed by atoms with Gasteiger partial charge in [-0.05, 0) is 6.92 Å². The number of hydrogen-bond donors (Lipinski definition) is 2. The quantitative estimate of drug-likeness (QED) is 0.302. The number of amides is 2. The zero-order valence-electron chi connectivity index (χ0n) is 8.10. The molecule has 1 saturated heterocycles. The molecule has 0 radical (unpaired) electrons. The zero-order valence-corrected chi connectivity index (χ0v) is 8.99. The van der Waals surface area contributed by atoms with Crippen molar-refractivity contribution in [1.29, 1.82) is 0 Å². The van der Waals surface area contributed by atoms with E-state index in [-0.39, 0.29) is 35.2 Å². The smallest absolute Gasteiger partial charge is 0.253 e. The van der Waals surface area contributed by atoms with Crippen LogP contribution < -0.4 is 0 Å². The summed E-state index contributed by atoms with van der Waals surface area (Å²) in [5, 5.41) is 8.20. The average molecular weight is 233 g/mol. The minimum Gasteiger partial charge on any atom is -0.300 e. The Balaban J connectivity index is 0.000000265. The first-order valence-corrected chi connectivity index (χ1v) is 4.55. The van der Waals surface area contributed by atoms with Gasteiger partial charge in [0, 0.05) is 12.8 Å². The van der Waals surface area contributed by atoms with Gasteiger partial charge in [0.2, 0.25) is 0 Å². The van der Waals surface area contributed by atoms with Crippen LogP contribution in [0.15, 0.2) is 0 Å². The molecular formula is C8H11NO5S. The molecule has 0 unspecified atom stereocenters. The summed E-state index contributed by atoms with van der Waals surface area (Å²) in [4.78, 5) is 40.4. The SMILES string of the molecule is CC(=O)CC(=O)S.O=C1CCC(=O)N1O. The van der Waals surface area contributed by atoms with Crippen LogP contribution in [-0.2, 0) is 19.2 Å². The maximum absolute atomic E-state index is 10.2. The highest BCUT2D eigenvalue weighted by Crippen LogP contribution is 2.06. The number of imide groups is 1. The fourth-order valence-corrected chi connectivity index (χ4v) is 1.00. The molecule has 1 aliphatic heterocycles. The van der Waals surface area contributed by atoms with Crippen molar-refractivity contribution in [3.8, 4) is 0 Å². The van der Waals surface area contributed by atoms with E-state index in [1.54, 1.807) is 0 Å². The van der Waals surface area contributed by atoms with Crippen molar-refractivity contribution < 1.29 is 24.4 Å². The second-order valence-electron chi connectivity index (χ2n) is 2.87. The molecule has 0 aromatic carbocycles. The summed E-state index contributed by atoms with van der Waals surface area (Å²) < 4.78 is 0. The topological polar surface area (TPSA) is 91.8 Å². The summed E-state index contributed by atoms with van der Waals surface area (Å²) in [6.45, 7) is 1.36. The van der Waals surface area contributed by atoms with Gasteiger partial charge in [-0.1, -0.05) is 0 Å². The average Bonchev–Trinajstić information content (AvgIpc) is 2.35. The minimum atomic E-state index is -0.505. The fourth-order valence-electron chi connectivity index (χ4n) is 0.778. The number of ketones is 1. The van der Waals surface area contributed by atoms with Crippen LogP contribution in [0.25, 0.3) is 0 Å². The first-order chi connectivity index (χ1) is 6.84. The van der Waals surface area contributed by atoms with E-state index in [1.807, 2.05) is 0 Å². The number of carbonyl (C=O) groups is 4. The Morgan fingerprint density at radius 1 is 1.33 bits per heavy atom. The van der Waals surface area contributed by atoms with E-state index < -0.39 is 11.8 Å². The third-order valence-corrected chi connectivity index (χ3v) is 1.58. The number of thiol groups is 1.